The Hall–Kier alpha value is -3.19. The minimum Gasteiger partial charge on any atom is -0.383 e. The lowest BCUT2D eigenvalue weighted by Gasteiger charge is -2.30. The van der Waals surface area contributed by atoms with E-state index in [1.54, 1.807) is 22.6 Å². The van der Waals surface area contributed by atoms with E-state index in [0.29, 0.717) is 36.4 Å². The molecule has 0 saturated heterocycles. The van der Waals surface area contributed by atoms with Crippen LogP contribution in [0.25, 0.3) is 10.9 Å². The van der Waals surface area contributed by atoms with E-state index in [1.165, 1.54) is 0 Å². The third-order valence-corrected chi connectivity index (χ3v) is 5.23. The van der Waals surface area contributed by atoms with Crippen LogP contribution in [0.4, 0.5) is 10.5 Å². The maximum Gasteiger partial charge on any atom is 0.322 e. The van der Waals surface area contributed by atoms with Gasteiger partial charge in [-0.2, -0.15) is 0 Å². The van der Waals surface area contributed by atoms with Crippen molar-refractivity contribution < 1.29 is 9.53 Å². The fraction of sp³-hybridized carbons (Fsp3) is 0.348. The van der Waals surface area contributed by atoms with Gasteiger partial charge in [-0.25, -0.2) is 9.78 Å². The van der Waals surface area contributed by atoms with Crippen LogP contribution in [0.15, 0.2) is 53.3 Å². The summed E-state index contributed by atoms with van der Waals surface area (Å²) in [6.45, 7) is 6.93. The molecule has 0 aliphatic heterocycles. The number of hydrogen-bond acceptors (Lipinski definition) is 4. The first-order chi connectivity index (χ1) is 14.5. The molecule has 1 heterocycles. The van der Waals surface area contributed by atoms with Crippen molar-refractivity contribution in [1.82, 2.24) is 14.5 Å². The van der Waals surface area contributed by atoms with E-state index in [4.69, 9.17) is 9.72 Å². The van der Waals surface area contributed by atoms with Gasteiger partial charge in [0.1, 0.15) is 5.82 Å². The number of hydrogen-bond donors (Lipinski definition) is 1. The Kier molecular flexibility index (Phi) is 6.84. The zero-order chi connectivity index (χ0) is 21.7. The third-order valence-electron chi connectivity index (χ3n) is 5.23. The van der Waals surface area contributed by atoms with E-state index in [-0.39, 0.29) is 11.6 Å². The number of fused-ring (bicyclic) bond motifs is 1. The van der Waals surface area contributed by atoms with Gasteiger partial charge < -0.3 is 15.0 Å². The Morgan fingerprint density at radius 1 is 1.20 bits per heavy atom. The largest absolute Gasteiger partial charge is 0.383 e. The molecule has 0 saturated carbocycles. The van der Waals surface area contributed by atoms with Gasteiger partial charge in [0.25, 0.3) is 5.56 Å². The Balaban J connectivity index is 2.01. The van der Waals surface area contributed by atoms with Crippen LogP contribution in [-0.4, -0.2) is 40.7 Å². The van der Waals surface area contributed by atoms with Crippen molar-refractivity contribution in [2.24, 2.45) is 0 Å². The molecule has 0 radical (unpaired) electrons. The second-order valence-corrected chi connectivity index (χ2v) is 7.14. The van der Waals surface area contributed by atoms with Crippen molar-refractivity contribution in [3.63, 3.8) is 0 Å². The maximum absolute atomic E-state index is 13.2. The Labute approximate surface area is 176 Å². The summed E-state index contributed by atoms with van der Waals surface area (Å²) in [5, 5.41) is 3.55. The molecule has 1 aromatic heterocycles. The van der Waals surface area contributed by atoms with Crippen molar-refractivity contribution in [3.05, 3.63) is 70.3 Å². The molecule has 1 atom stereocenters. The van der Waals surface area contributed by atoms with Crippen molar-refractivity contribution in [2.75, 3.05) is 25.6 Å². The van der Waals surface area contributed by atoms with Crippen LogP contribution >= 0.6 is 0 Å². The molecule has 1 N–H and O–H groups in total. The van der Waals surface area contributed by atoms with E-state index in [2.05, 4.69) is 5.32 Å². The molecule has 0 fully saturated rings. The number of anilines is 1. The van der Waals surface area contributed by atoms with E-state index >= 15 is 0 Å². The number of ether oxygens (including phenoxy) is 1. The van der Waals surface area contributed by atoms with Crippen LogP contribution in [0.5, 0.6) is 0 Å². The zero-order valence-corrected chi connectivity index (χ0v) is 17.9. The number of nitrogens with one attached hydrogen (secondary N) is 1. The molecule has 3 rings (SSSR count). The van der Waals surface area contributed by atoms with Crippen molar-refractivity contribution in [1.29, 1.82) is 0 Å². The SMILES string of the molecule is CCn1c(C(C)N(CCOC)C(=O)Nc2ccccc2C)nc2ccccc2c1=O. The minimum absolute atomic E-state index is 0.101. The van der Waals surface area contributed by atoms with E-state index in [1.807, 2.05) is 63.2 Å². The molecule has 0 aliphatic rings. The molecule has 0 aliphatic carbocycles. The van der Waals surface area contributed by atoms with Gasteiger partial charge in [0, 0.05) is 25.9 Å². The minimum atomic E-state index is -0.429. The summed E-state index contributed by atoms with van der Waals surface area (Å²) in [6, 6.07) is 14.2. The number of benzene rings is 2. The molecule has 7 nitrogen and oxygen atoms in total. The number of carbonyl (C=O) groups excluding carboxylic acids is 1. The first-order valence-corrected chi connectivity index (χ1v) is 10.1. The van der Waals surface area contributed by atoms with Crippen molar-refractivity contribution in [2.45, 2.75) is 33.4 Å². The lowest BCUT2D eigenvalue weighted by molar-refractivity contribution is 0.136. The number of urea groups is 1. The first kappa shape index (κ1) is 21.5. The number of aryl methyl sites for hydroxylation is 1. The van der Waals surface area contributed by atoms with Gasteiger partial charge in [-0.1, -0.05) is 30.3 Å². The quantitative estimate of drug-likeness (QED) is 0.642. The maximum atomic E-state index is 13.2. The van der Waals surface area contributed by atoms with Crippen LogP contribution in [0.3, 0.4) is 0 Å². The number of methoxy groups -OCH3 is 1. The fourth-order valence-corrected chi connectivity index (χ4v) is 3.51. The highest BCUT2D eigenvalue weighted by molar-refractivity contribution is 5.90. The number of amides is 2. The van der Waals surface area contributed by atoms with Gasteiger partial charge >= 0.3 is 6.03 Å². The number of rotatable bonds is 7. The van der Waals surface area contributed by atoms with E-state index in [0.717, 1.165) is 11.3 Å². The predicted molar refractivity (Wildman–Crippen MR) is 119 cm³/mol. The molecule has 30 heavy (non-hydrogen) atoms. The molecule has 7 heteroatoms. The number of nitrogens with zero attached hydrogens (tertiary/aromatic N) is 3. The first-order valence-electron chi connectivity index (χ1n) is 10.1. The summed E-state index contributed by atoms with van der Waals surface area (Å²) in [5.74, 6) is 0.553. The lowest BCUT2D eigenvalue weighted by atomic mass is 10.2. The molecule has 1 unspecified atom stereocenters. The summed E-state index contributed by atoms with van der Waals surface area (Å²) >= 11 is 0. The smallest absolute Gasteiger partial charge is 0.322 e. The van der Waals surface area contributed by atoms with Gasteiger partial charge in [0.15, 0.2) is 0 Å². The van der Waals surface area contributed by atoms with Crippen LogP contribution in [-0.2, 0) is 11.3 Å². The van der Waals surface area contributed by atoms with Crippen molar-refractivity contribution >= 4 is 22.6 Å². The molecule has 0 spiro atoms. The molecule has 158 valence electrons. The average molecular weight is 409 g/mol. The number of aromatic nitrogens is 2. The monoisotopic (exact) mass is 408 g/mol. The van der Waals surface area contributed by atoms with Gasteiger partial charge in [-0.3, -0.25) is 9.36 Å². The van der Waals surface area contributed by atoms with Crippen molar-refractivity contribution in [3.8, 4) is 0 Å². The molecular formula is C23H28N4O3. The Morgan fingerprint density at radius 3 is 2.60 bits per heavy atom. The summed E-state index contributed by atoms with van der Waals surface area (Å²) in [5.41, 5.74) is 2.24. The summed E-state index contributed by atoms with van der Waals surface area (Å²) < 4.78 is 6.86. The molecule has 2 amide bonds. The highest BCUT2D eigenvalue weighted by Crippen LogP contribution is 2.22. The third kappa shape index (κ3) is 4.36. The standard InChI is InChI=1S/C23H28N4O3/c1-5-26-21(24-20-13-9-7-11-18(20)22(26)28)17(3)27(14-15-30-4)23(29)25-19-12-8-6-10-16(19)2/h6-13,17H,5,14-15H2,1-4H3,(H,25,29). The normalized spacial score (nSPS) is 12.0. The lowest BCUT2D eigenvalue weighted by Crippen LogP contribution is -2.41. The van der Waals surface area contributed by atoms with Crippen LogP contribution in [0.1, 0.15) is 31.3 Å². The second-order valence-electron chi connectivity index (χ2n) is 7.14. The van der Waals surface area contributed by atoms with Gasteiger partial charge in [-0.05, 0) is 44.5 Å². The van der Waals surface area contributed by atoms with Gasteiger partial charge in [0.2, 0.25) is 0 Å². The predicted octanol–water partition coefficient (Wildman–Crippen LogP) is 3.97. The molecule has 3 aromatic rings. The van der Waals surface area contributed by atoms with Gasteiger partial charge in [-0.15, -0.1) is 0 Å². The molecular weight excluding hydrogens is 380 g/mol. The average Bonchev–Trinajstić information content (AvgIpc) is 2.75. The Morgan fingerprint density at radius 2 is 1.90 bits per heavy atom. The molecule has 2 aromatic carbocycles. The second kappa shape index (κ2) is 9.54. The highest BCUT2D eigenvalue weighted by Gasteiger charge is 2.26. The summed E-state index contributed by atoms with van der Waals surface area (Å²) in [7, 11) is 1.60. The fourth-order valence-electron chi connectivity index (χ4n) is 3.51. The number of para-hydroxylation sites is 2. The summed E-state index contributed by atoms with van der Waals surface area (Å²) in [6.07, 6.45) is 0. The molecule has 0 bridgehead atoms. The topological polar surface area (TPSA) is 76.5 Å². The van der Waals surface area contributed by atoms with E-state index < -0.39 is 6.04 Å². The zero-order valence-electron chi connectivity index (χ0n) is 17.9. The van der Waals surface area contributed by atoms with Crippen LogP contribution in [0.2, 0.25) is 0 Å². The van der Waals surface area contributed by atoms with Gasteiger partial charge in [0.05, 0.1) is 23.6 Å². The highest BCUT2D eigenvalue weighted by atomic mass is 16.5. The number of carbonyl (C=O) groups is 1. The summed E-state index contributed by atoms with van der Waals surface area (Å²) in [4.78, 5) is 32.6. The Bertz CT molecular complexity index is 1090. The van der Waals surface area contributed by atoms with E-state index in [9.17, 15) is 9.59 Å². The van der Waals surface area contributed by atoms with Crippen LogP contribution < -0.4 is 10.9 Å². The van der Waals surface area contributed by atoms with Crippen LogP contribution in [0, 0.1) is 6.92 Å².